The first-order valence-corrected chi connectivity index (χ1v) is 6.04. The van der Waals surface area contributed by atoms with E-state index in [1.165, 1.54) is 0 Å². The molecular weight excluding hydrogens is 228 g/mol. The van der Waals surface area contributed by atoms with Crippen molar-refractivity contribution >= 4 is 11.7 Å². The average molecular weight is 244 g/mol. The van der Waals surface area contributed by atoms with Gasteiger partial charge in [-0.15, -0.1) is 0 Å². The zero-order chi connectivity index (χ0) is 13.1. The number of pyridine rings is 1. The van der Waals surface area contributed by atoms with Crippen molar-refractivity contribution in [3.05, 3.63) is 23.4 Å². The van der Waals surface area contributed by atoms with E-state index in [9.17, 15) is 4.79 Å². The van der Waals surface area contributed by atoms with Crippen molar-refractivity contribution in [2.24, 2.45) is 0 Å². The minimum Gasteiger partial charge on any atom is -0.358 e. The molecule has 1 saturated carbocycles. The molecule has 2 N–H and O–H groups in total. The van der Waals surface area contributed by atoms with Gasteiger partial charge < -0.3 is 10.6 Å². The van der Waals surface area contributed by atoms with E-state index in [0.717, 1.165) is 18.4 Å². The second-order valence-corrected chi connectivity index (χ2v) is 4.61. The molecule has 1 aliphatic carbocycles. The predicted molar refractivity (Wildman–Crippen MR) is 67.9 cm³/mol. The van der Waals surface area contributed by atoms with Gasteiger partial charge in [0.05, 0.1) is 5.56 Å². The van der Waals surface area contributed by atoms with Crippen LogP contribution < -0.4 is 10.6 Å². The monoisotopic (exact) mass is 244 g/mol. The lowest BCUT2D eigenvalue weighted by atomic mass is 10.1. The molecular formula is C13H16N4O. The Labute approximate surface area is 106 Å². The molecule has 1 aromatic heterocycles. The number of hydrogen-bond donors (Lipinski definition) is 2. The summed E-state index contributed by atoms with van der Waals surface area (Å²) in [5.74, 6) is 0.417. The van der Waals surface area contributed by atoms with Gasteiger partial charge >= 0.3 is 0 Å². The van der Waals surface area contributed by atoms with Crippen LogP contribution in [0, 0.1) is 18.3 Å². The Balaban J connectivity index is 2.06. The first kappa shape index (κ1) is 12.4. The van der Waals surface area contributed by atoms with Crippen molar-refractivity contribution in [3.8, 4) is 6.07 Å². The minimum absolute atomic E-state index is 0.0512. The van der Waals surface area contributed by atoms with Crippen LogP contribution in [0.2, 0.25) is 0 Å². The molecule has 18 heavy (non-hydrogen) atoms. The van der Waals surface area contributed by atoms with Crippen molar-refractivity contribution in [1.29, 1.82) is 5.26 Å². The molecule has 0 aromatic carbocycles. The van der Waals surface area contributed by atoms with Crippen LogP contribution in [0.1, 0.15) is 30.9 Å². The van der Waals surface area contributed by atoms with Crippen molar-refractivity contribution in [3.63, 3.8) is 0 Å². The van der Waals surface area contributed by atoms with E-state index in [1.54, 1.807) is 19.2 Å². The third-order valence-corrected chi connectivity index (χ3v) is 2.94. The number of nitrogens with zero attached hydrogens (tertiary/aromatic N) is 2. The Morgan fingerprint density at radius 2 is 2.33 bits per heavy atom. The molecule has 5 heteroatoms. The van der Waals surface area contributed by atoms with Gasteiger partial charge in [0, 0.05) is 12.2 Å². The topological polar surface area (TPSA) is 77.8 Å². The van der Waals surface area contributed by atoms with Crippen molar-refractivity contribution in [2.75, 3.05) is 5.32 Å². The van der Waals surface area contributed by atoms with Gasteiger partial charge in [0.2, 0.25) is 5.91 Å². The average Bonchev–Trinajstić information content (AvgIpc) is 3.13. The van der Waals surface area contributed by atoms with E-state index >= 15 is 0 Å². The lowest BCUT2D eigenvalue weighted by Gasteiger charge is -2.15. The Morgan fingerprint density at radius 3 is 2.94 bits per heavy atom. The Hall–Kier alpha value is -2.09. The van der Waals surface area contributed by atoms with Crippen molar-refractivity contribution in [1.82, 2.24) is 10.3 Å². The van der Waals surface area contributed by atoms with E-state index < -0.39 is 6.04 Å². The maximum atomic E-state index is 11.8. The van der Waals surface area contributed by atoms with Crippen LogP contribution in [-0.2, 0) is 4.79 Å². The second-order valence-electron chi connectivity index (χ2n) is 4.61. The first-order valence-electron chi connectivity index (χ1n) is 6.04. The van der Waals surface area contributed by atoms with E-state index in [0.29, 0.717) is 17.4 Å². The van der Waals surface area contributed by atoms with Gasteiger partial charge in [-0.1, -0.05) is 0 Å². The lowest BCUT2D eigenvalue weighted by molar-refractivity contribution is -0.121. The van der Waals surface area contributed by atoms with Crippen molar-refractivity contribution in [2.45, 2.75) is 38.8 Å². The Morgan fingerprint density at radius 1 is 1.61 bits per heavy atom. The summed E-state index contributed by atoms with van der Waals surface area (Å²) in [5.41, 5.74) is 1.34. The highest BCUT2D eigenvalue weighted by molar-refractivity contribution is 5.84. The van der Waals surface area contributed by atoms with Crippen molar-refractivity contribution < 1.29 is 4.79 Å². The van der Waals surface area contributed by atoms with Crippen LogP contribution in [0.5, 0.6) is 0 Å². The summed E-state index contributed by atoms with van der Waals surface area (Å²) in [4.78, 5) is 15.9. The molecule has 2 rings (SSSR count). The normalized spacial score (nSPS) is 15.6. The van der Waals surface area contributed by atoms with Crippen LogP contribution in [0.4, 0.5) is 5.82 Å². The summed E-state index contributed by atoms with van der Waals surface area (Å²) in [6.45, 7) is 3.61. The molecule has 1 heterocycles. The van der Waals surface area contributed by atoms with Gasteiger partial charge in [0.25, 0.3) is 0 Å². The third-order valence-electron chi connectivity index (χ3n) is 2.94. The van der Waals surface area contributed by atoms with E-state index in [2.05, 4.69) is 21.7 Å². The summed E-state index contributed by atoms with van der Waals surface area (Å²) < 4.78 is 0. The van der Waals surface area contributed by atoms with Crippen LogP contribution in [0.25, 0.3) is 0 Å². The highest BCUT2D eigenvalue weighted by atomic mass is 16.2. The van der Waals surface area contributed by atoms with Gasteiger partial charge in [0.1, 0.15) is 17.9 Å². The fourth-order valence-electron chi connectivity index (χ4n) is 1.63. The fraction of sp³-hybridized carbons (Fsp3) is 0.462. The Kier molecular flexibility index (Phi) is 3.47. The number of carbonyl (C=O) groups excluding carboxylic acids is 1. The summed E-state index contributed by atoms with van der Waals surface area (Å²) >= 11 is 0. The molecule has 1 amide bonds. The SMILES string of the molecule is Cc1ccnc(NC(C)C(=O)NC2CC2)c1C#N. The quantitative estimate of drug-likeness (QED) is 0.837. The zero-order valence-corrected chi connectivity index (χ0v) is 10.5. The second kappa shape index (κ2) is 5.05. The number of carbonyl (C=O) groups is 1. The molecule has 0 saturated heterocycles. The molecule has 0 radical (unpaired) electrons. The molecule has 1 aliphatic rings. The number of amides is 1. The maximum Gasteiger partial charge on any atom is 0.242 e. The zero-order valence-electron chi connectivity index (χ0n) is 10.5. The van der Waals surface area contributed by atoms with E-state index in [1.807, 2.05) is 6.92 Å². The highest BCUT2D eigenvalue weighted by Crippen LogP contribution is 2.19. The van der Waals surface area contributed by atoms with Crippen LogP contribution in [0.15, 0.2) is 12.3 Å². The number of nitriles is 1. The fourth-order valence-corrected chi connectivity index (χ4v) is 1.63. The molecule has 1 atom stereocenters. The number of hydrogen-bond acceptors (Lipinski definition) is 4. The number of anilines is 1. The lowest BCUT2D eigenvalue weighted by Crippen LogP contribution is -2.39. The number of aryl methyl sites for hydroxylation is 1. The van der Waals surface area contributed by atoms with E-state index in [-0.39, 0.29) is 5.91 Å². The minimum atomic E-state index is -0.396. The highest BCUT2D eigenvalue weighted by Gasteiger charge is 2.26. The molecule has 0 aliphatic heterocycles. The van der Waals surface area contributed by atoms with Gasteiger partial charge in [-0.3, -0.25) is 4.79 Å². The molecule has 1 unspecified atom stereocenters. The predicted octanol–water partition coefficient (Wildman–Crippen LogP) is 1.34. The largest absolute Gasteiger partial charge is 0.358 e. The van der Waals surface area contributed by atoms with Crippen LogP contribution in [0.3, 0.4) is 0 Å². The summed E-state index contributed by atoms with van der Waals surface area (Å²) in [5, 5.41) is 15.0. The molecule has 1 aromatic rings. The molecule has 5 nitrogen and oxygen atoms in total. The summed E-state index contributed by atoms with van der Waals surface area (Å²) in [6.07, 6.45) is 3.75. The molecule has 0 spiro atoms. The van der Waals surface area contributed by atoms with E-state index in [4.69, 9.17) is 5.26 Å². The van der Waals surface area contributed by atoms with Gasteiger partial charge in [0.15, 0.2) is 0 Å². The smallest absolute Gasteiger partial charge is 0.242 e. The summed E-state index contributed by atoms with van der Waals surface area (Å²) in [7, 11) is 0. The number of nitrogens with one attached hydrogen (secondary N) is 2. The number of aromatic nitrogens is 1. The maximum absolute atomic E-state index is 11.8. The van der Waals surface area contributed by atoms with Crippen LogP contribution >= 0.6 is 0 Å². The molecule has 1 fully saturated rings. The van der Waals surface area contributed by atoms with Gasteiger partial charge in [-0.2, -0.15) is 5.26 Å². The molecule has 0 bridgehead atoms. The molecule has 94 valence electrons. The third kappa shape index (κ3) is 2.77. The number of rotatable bonds is 4. The standard InChI is InChI=1S/C13H16N4O/c1-8-5-6-15-12(11(8)7-14)16-9(2)13(18)17-10-3-4-10/h5-6,9-10H,3-4H2,1-2H3,(H,15,16)(H,17,18). The van der Waals surface area contributed by atoms with Crippen LogP contribution in [-0.4, -0.2) is 23.0 Å². The Bertz CT molecular complexity index is 502. The first-order chi connectivity index (χ1) is 8.61. The van der Waals surface area contributed by atoms with Gasteiger partial charge in [-0.05, 0) is 38.3 Å². The summed E-state index contributed by atoms with van der Waals surface area (Å²) in [6, 6.07) is 3.82. The van der Waals surface area contributed by atoms with Gasteiger partial charge in [-0.25, -0.2) is 4.98 Å².